The van der Waals surface area contributed by atoms with E-state index in [1.165, 1.54) is 12.1 Å². The Kier molecular flexibility index (Phi) is 6.72. The number of hydrogen-bond donors (Lipinski definition) is 2. The lowest BCUT2D eigenvalue weighted by Gasteiger charge is -2.25. The summed E-state index contributed by atoms with van der Waals surface area (Å²) in [4.78, 5) is 12.8. The Bertz CT molecular complexity index is 1020. The van der Waals surface area contributed by atoms with Crippen LogP contribution < -0.4 is 5.32 Å². The number of nitrogens with zero attached hydrogens (tertiary/aromatic N) is 2. The van der Waals surface area contributed by atoms with Crippen molar-refractivity contribution in [1.82, 2.24) is 10.2 Å². The van der Waals surface area contributed by atoms with Crippen molar-refractivity contribution in [3.05, 3.63) is 65.7 Å². The molecule has 0 aliphatic carbocycles. The lowest BCUT2D eigenvalue weighted by atomic mass is 10.1. The van der Waals surface area contributed by atoms with Crippen LogP contribution in [0, 0.1) is 18.3 Å². The van der Waals surface area contributed by atoms with Crippen molar-refractivity contribution in [2.45, 2.75) is 43.0 Å². The first-order valence-electron chi connectivity index (χ1n) is 9.46. The normalized spacial score (nSPS) is 19.9. The number of nitrogens with one attached hydrogen (secondary N) is 1. The maximum absolute atomic E-state index is 12.6. The van der Waals surface area contributed by atoms with E-state index in [0.717, 1.165) is 16.0 Å². The molecule has 158 valence electrons. The SMILES string of the molecule is Cc1ccc(S(=O)(=O)OC2CC(C(C#N)NCc3ccccc3)N(C(=O)O)C2)cc1. The zero-order chi connectivity index (χ0) is 21.7. The van der Waals surface area contributed by atoms with E-state index in [9.17, 15) is 23.6 Å². The van der Waals surface area contributed by atoms with E-state index >= 15 is 0 Å². The Hall–Kier alpha value is -2.93. The lowest BCUT2D eigenvalue weighted by molar-refractivity contribution is 0.130. The Morgan fingerprint density at radius 2 is 1.93 bits per heavy atom. The summed E-state index contributed by atoms with van der Waals surface area (Å²) in [5.74, 6) is 0. The highest BCUT2D eigenvalue weighted by atomic mass is 32.2. The number of carbonyl (C=O) groups is 1. The van der Waals surface area contributed by atoms with Crippen molar-refractivity contribution in [1.29, 1.82) is 5.26 Å². The van der Waals surface area contributed by atoms with Gasteiger partial charge in [0, 0.05) is 6.54 Å². The summed E-state index contributed by atoms with van der Waals surface area (Å²) in [6, 6.07) is 16.2. The molecule has 3 unspecified atom stereocenters. The number of hydrogen-bond acceptors (Lipinski definition) is 6. The second kappa shape index (κ2) is 9.26. The number of aryl methyl sites for hydroxylation is 1. The molecule has 2 N–H and O–H groups in total. The van der Waals surface area contributed by atoms with E-state index in [0.29, 0.717) is 6.54 Å². The maximum Gasteiger partial charge on any atom is 0.407 e. The maximum atomic E-state index is 12.6. The van der Waals surface area contributed by atoms with Crippen molar-refractivity contribution in [2.75, 3.05) is 6.54 Å². The molecule has 8 nitrogen and oxygen atoms in total. The van der Waals surface area contributed by atoms with Gasteiger partial charge in [-0.15, -0.1) is 0 Å². The number of rotatable bonds is 7. The van der Waals surface area contributed by atoms with Gasteiger partial charge >= 0.3 is 6.09 Å². The quantitative estimate of drug-likeness (QED) is 0.649. The topological polar surface area (TPSA) is 120 Å². The van der Waals surface area contributed by atoms with E-state index in [1.54, 1.807) is 12.1 Å². The van der Waals surface area contributed by atoms with Crippen molar-refractivity contribution >= 4 is 16.2 Å². The molecular formula is C21H23N3O5S. The van der Waals surface area contributed by atoms with Crippen molar-refractivity contribution in [3.63, 3.8) is 0 Å². The highest BCUT2D eigenvalue weighted by Gasteiger charge is 2.42. The summed E-state index contributed by atoms with van der Waals surface area (Å²) < 4.78 is 30.5. The molecule has 1 amide bonds. The van der Waals surface area contributed by atoms with E-state index in [4.69, 9.17) is 4.18 Å². The fourth-order valence-corrected chi connectivity index (χ4v) is 4.54. The van der Waals surface area contributed by atoms with Gasteiger partial charge in [0.1, 0.15) is 6.04 Å². The van der Waals surface area contributed by atoms with Gasteiger partial charge in [0.05, 0.1) is 29.7 Å². The third kappa shape index (κ3) is 5.16. The van der Waals surface area contributed by atoms with Crippen LogP contribution in [0.15, 0.2) is 59.5 Å². The molecule has 30 heavy (non-hydrogen) atoms. The molecular weight excluding hydrogens is 406 g/mol. The van der Waals surface area contributed by atoms with Gasteiger partial charge in [0.25, 0.3) is 10.1 Å². The molecule has 1 saturated heterocycles. The predicted octanol–water partition coefficient (Wildman–Crippen LogP) is 2.50. The zero-order valence-electron chi connectivity index (χ0n) is 16.4. The Morgan fingerprint density at radius 3 is 2.53 bits per heavy atom. The van der Waals surface area contributed by atoms with Gasteiger partial charge in [-0.25, -0.2) is 4.79 Å². The smallest absolute Gasteiger partial charge is 0.407 e. The zero-order valence-corrected chi connectivity index (χ0v) is 17.2. The summed E-state index contributed by atoms with van der Waals surface area (Å²) in [5.41, 5.74) is 1.86. The van der Waals surface area contributed by atoms with E-state index in [1.807, 2.05) is 37.3 Å². The number of benzene rings is 2. The van der Waals surface area contributed by atoms with E-state index in [-0.39, 0.29) is 17.9 Å². The van der Waals surface area contributed by atoms with Gasteiger partial charge < -0.3 is 5.11 Å². The second-order valence-electron chi connectivity index (χ2n) is 7.20. The van der Waals surface area contributed by atoms with Crippen LogP contribution in [0.25, 0.3) is 0 Å². The first-order valence-corrected chi connectivity index (χ1v) is 10.9. The van der Waals surface area contributed by atoms with Crippen LogP contribution >= 0.6 is 0 Å². The monoisotopic (exact) mass is 429 g/mol. The predicted molar refractivity (Wildman–Crippen MR) is 109 cm³/mol. The minimum atomic E-state index is -4.04. The highest BCUT2D eigenvalue weighted by Crippen LogP contribution is 2.26. The van der Waals surface area contributed by atoms with Gasteiger partial charge in [0.15, 0.2) is 0 Å². The number of nitriles is 1. The minimum absolute atomic E-state index is 0.0115. The van der Waals surface area contributed by atoms with E-state index < -0.39 is 34.4 Å². The standard InChI is InChI=1S/C21H23N3O5S/c1-15-7-9-18(10-8-15)30(27,28)29-17-11-20(24(14-17)21(25)26)19(12-22)23-13-16-5-3-2-4-6-16/h2-10,17,19-20,23H,11,13-14H2,1H3,(H,25,26). The van der Waals surface area contributed by atoms with E-state index in [2.05, 4.69) is 11.4 Å². The summed E-state index contributed by atoms with van der Waals surface area (Å²) in [6.45, 7) is 2.10. The largest absolute Gasteiger partial charge is 0.465 e. The van der Waals surface area contributed by atoms with Crippen molar-refractivity contribution < 1.29 is 22.5 Å². The molecule has 1 fully saturated rings. The van der Waals surface area contributed by atoms with Crippen LogP contribution in [-0.2, 0) is 20.8 Å². The molecule has 0 saturated carbocycles. The molecule has 3 atom stereocenters. The fraction of sp³-hybridized carbons (Fsp3) is 0.333. The van der Waals surface area contributed by atoms with Crippen LogP contribution in [-0.4, -0.2) is 49.2 Å². The molecule has 3 rings (SSSR count). The summed E-state index contributed by atoms with van der Waals surface area (Å²) in [5, 5.41) is 22.2. The number of amides is 1. The van der Waals surface area contributed by atoms with Crippen LogP contribution in [0.5, 0.6) is 0 Å². The third-order valence-electron chi connectivity index (χ3n) is 5.02. The van der Waals surface area contributed by atoms with Crippen molar-refractivity contribution in [2.24, 2.45) is 0 Å². The first kappa shape index (κ1) is 21.8. The molecule has 1 aliphatic rings. The molecule has 0 aromatic heterocycles. The van der Waals surface area contributed by atoms with Crippen LogP contribution in [0.4, 0.5) is 4.79 Å². The average molecular weight is 429 g/mol. The summed E-state index contributed by atoms with van der Waals surface area (Å²) >= 11 is 0. The Balaban J connectivity index is 1.71. The molecule has 1 aliphatic heterocycles. The second-order valence-corrected chi connectivity index (χ2v) is 8.77. The molecule has 0 bridgehead atoms. The van der Waals surface area contributed by atoms with Crippen LogP contribution in [0.2, 0.25) is 0 Å². The molecule has 2 aromatic rings. The highest BCUT2D eigenvalue weighted by molar-refractivity contribution is 7.86. The fourth-order valence-electron chi connectivity index (χ4n) is 3.46. The average Bonchev–Trinajstić information content (AvgIpc) is 3.13. The molecule has 9 heteroatoms. The van der Waals surface area contributed by atoms with Crippen LogP contribution in [0.3, 0.4) is 0 Å². The minimum Gasteiger partial charge on any atom is -0.465 e. The van der Waals surface area contributed by atoms with Gasteiger partial charge in [-0.1, -0.05) is 48.0 Å². The molecule has 0 spiro atoms. The molecule has 0 radical (unpaired) electrons. The van der Waals surface area contributed by atoms with Gasteiger partial charge in [-0.05, 0) is 31.0 Å². The van der Waals surface area contributed by atoms with Gasteiger partial charge in [0.2, 0.25) is 0 Å². The molecule has 2 aromatic carbocycles. The summed E-state index contributed by atoms with van der Waals surface area (Å²) in [6.07, 6.45) is -2.00. The Labute approximate surface area is 175 Å². The van der Waals surface area contributed by atoms with Crippen molar-refractivity contribution in [3.8, 4) is 6.07 Å². The molecule has 1 heterocycles. The lowest BCUT2D eigenvalue weighted by Crippen LogP contribution is -2.47. The summed E-state index contributed by atoms with van der Waals surface area (Å²) in [7, 11) is -4.04. The van der Waals surface area contributed by atoms with Crippen LogP contribution in [0.1, 0.15) is 17.5 Å². The third-order valence-corrected chi connectivity index (χ3v) is 6.39. The van der Waals surface area contributed by atoms with Gasteiger partial charge in [-0.2, -0.15) is 13.7 Å². The van der Waals surface area contributed by atoms with Gasteiger partial charge in [-0.3, -0.25) is 14.4 Å². The number of carboxylic acid groups (broad SMARTS) is 1. The number of likely N-dealkylation sites (tertiary alicyclic amines) is 1. The Morgan fingerprint density at radius 1 is 1.27 bits per heavy atom. The first-order chi connectivity index (χ1) is 14.3.